The van der Waals surface area contributed by atoms with E-state index in [0.29, 0.717) is 22.1 Å². The number of sulfonamides is 1. The number of halogens is 11. The van der Waals surface area contributed by atoms with Crippen molar-refractivity contribution >= 4 is 80.0 Å². The summed E-state index contributed by atoms with van der Waals surface area (Å²) < 4.78 is 228. The molecule has 4 atom stereocenters. The lowest BCUT2D eigenvalue weighted by Crippen LogP contribution is -2.59. The van der Waals surface area contributed by atoms with Gasteiger partial charge in [0, 0.05) is 53.7 Å². The van der Waals surface area contributed by atoms with Gasteiger partial charge in [0.15, 0.2) is 21.3 Å². The molecule has 88 heavy (non-hydrogen) atoms. The predicted molar refractivity (Wildman–Crippen MR) is 289 cm³/mol. The number of anilines is 1. The number of urea groups is 1. The summed E-state index contributed by atoms with van der Waals surface area (Å²) in [6.07, 6.45) is -12.0. The van der Waals surface area contributed by atoms with E-state index >= 15 is 17.6 Å². The number of benzene rings is 2. The molecule has 2 aromatic carbocycles. The number of carboxylic acid groups (broad SMARTS) is 1. The zero-order valence-electron chi connectivity index (χ0n) is 46.9. The number of sulfone groups is 1. The summed E-state index contributed by atoms with van der Waals surface area (Å²) >= 11 is 6.78. The lowest BCUT2D eigenvalue weighted by atomic mass is 9.93. The average Bonchev–Trinajstić information content (AvgIpc) is 1.79. The number of pyridine rings is 1. The van der Waals surface area contributed by atoms with E-state index in [1.165, 1.54) is 26.0 Å². The number of carbonyl (C=O) groups is 4. The first-order valence-corrected chi connectivity index (χ1v) is 31.5. The van der Waals surface area contributed by atoms with Crippen LogP contribution in [0.5, 0.6) is 0 Å². The molecule has 5 aromatic rings. The molecular weight excluding hydrogens is 1290 g/mol. The van der Waals surface area contributed by atoms with Gasteiger partial charge in [0.05, 0.1) is 57.9 Å². The van der Waals surface area contributed by atoms with Gasteiger partial charge in [-0.25, -0.2) is 44.3 Å². The van der Waals surface area contributed by atoms with Crippen LogP contribution in [0.2, 0.25) is 5.02 Å². The zero-order valence-corrected chi connectivity index (χ0v) is 50.2. The van der Waals surface area contributed by atoms with Gasteiger partial charge in [-0.05, 0) is 68.9 Å². The van der Waals surface area contributed by atoms with Crippen molar-refractivity contribution in [3.8, 4) is 11.1 Å². The number of carboxylic acids is 1. The Bertz CT molecular complexity index is 3810. The molecule has 4 N–H and O–H groups in total. The second-order valence-corrected chi connectivity index (χ2v) is 27.5. The maximum absolute atomic E-state index is 16.0. The van der Waals surface area contributed by atoms with E-state index in [4.69, 9.17) is 31.1 Å². The van der Waals surface area contributed by atoms with Crippen molar-refractivity contribution in [1.29, 1.82) is 0 Å². The third-order valence-electron chi connectivity index (χ3n) is 14.7. The van der Waals surface area contributed by atoms with Crippen molar-refractivity contribution in [2.45, 2.75) is 101 Å². The molecule has 4 heterocycles. The number of ether oxygens (including phenoxy) is 2. The number of hydrogen-bond acceptors (Lipinski definition) is 15. The molecule has 1 fully saturated rings. The van der Waals surface area contributed by atoms with Crippen LogP contribution >= 0.6 is 19.4 Å². The van der Waals surface area contributed by atoms with Crippen LogP contribution in [0.3, 0.4) is 0 Å². The van der Waals surface area contributed by atoms with E-state index in [2.05, 4.69) is 24.8 Å². The first-order chi connectivity index (χ1) is 40.4. The largest absolute Gasteiger partial charge is 0.480 e. The number of amides is 4. The zero-order chi connectivity index (χ0) is 65.8. The fourth-order valence-corrected chi connectivity index (χ4v) is 11.7. The Morgan fingerprint density at radius 3 is 2.17 bits per heavy atom. The van der Waals surface area contributed by atoms with Gasteiger partial charge >= 0.3 is 38.3 Å². The van der Waals surface area contributed by atoms with Crippen LogP contribution in [0, 0.1) is 17.6 Å². The molecule has 484 valence electrons. The topological polar surface area (TPSA) is 312 Å². The molecule has 4 amide bonds. The normalized spacial score (nSPS) is 17.9. The van der Waals surface area contributed by atoms with Crippen molar-refractivity contribution in [3.05, 3.63) is 93.0 Å². The highest BCUT2D eigenvalue weighted by Gasteiger charge is 2.58. The number of alkyl halides is 8. The highest BCUT2D eigenvalue weighted by atomic mass is 35.5. The molecule has 0 saturated carbocycles. The van der Waals surface area contributed by atoms with Gasteiger partial charge in [0.2, 0.25) is 22.7 Å². The Morgan fingerprint density at radius 2 is 1.59 bits per heavy atom. The minimum absolute atomic E-state index is 0.0317. The lowest BCUT2D eigenvalue weighted by molar-refractivity contribution is -0.143. The quantitative estimate of drug-likeness (QED) is 0.0311. The standard InChI is InChI=1S/C50H55ClF10N9O15PS2/c1-25-26(2)49(57,58)43-38(25)42(50(59,60)61)64-68(43)20-36(71)63-35(17-27-15-28(52)18-29(53)16-27)40-32(8-7-30(62-40)11-12-47(3,4)87(5,79)80)33-9-10-34(51)39-41(33)69(23-48(54,55)56)65-44(39)70(88(6,81)82)45(74)67-13-14-83-22-31(67)19-66(21-37(72)73)46(75)84-24-85-86(76,77)78/h7-10,15-16,18,25-26,31,35H,11-14,17,19-24H2,1-6H3,(H,63,71)(H,72,73)(H2,76,77,78)/t25-,26+,31-,35-/m0/s1. The highest BCUT2D eigenvalue weighted by Crippen LogP contribution is 2.55. The van der Waals surface area contributed by atoms with Crippen molar-refractivity contribution in [3.63, 3.8) is 0 Å². The second kappa shape index (κ2) is 25.3. The summed E-state index contributed by atoms with van der Waals surface area (Å²) in [6.45, 7) is -3.75. The fraction of sp³-hybridized carbons (Fsp3) is 0.500. The Kier molecular flexibility index (Phi) is 19.8. The number of carbonyl (C=O) groups excluding carboxylic acids is 3. The van der Waals surface area contributed by atoms with Crippen molar-refractivity contribution < 1.29 is 113 Å². The Labute approximate surface area is 498 Å². The third kappa shape index (κ3) is 15.5. The molecule has 7 rings (SSSR count). The average molecular weight is 1340 g/mol. The van der Waals surface area contributed by atoms with Crippen LogP contribution in [0.15, 0.2) is 42.5 Å². The lowest BCUT2D eigenvalue weighted by Gasteiger charge is -2.39. The summed E-state index contributed by atoms with van der Waals surface area (Å²) in [7, 11) is -14.2. The Balaban J connectivity index is 1.44. The fourth-order valence-electron chi connectivity index (χ4n) is 10.0. The molecule has 24 nitrogen and oxygen atoms in total. The molecule has 0 radical (unpaired) electrons. The number of rotatable bonds is 21. The minimum atomic E-state index is -5.31. The van der Waals surface area contributed by atoms with E-state index in [0.717, 1.165) is 44.4 Å². The van der Waals surface area contributed by atoms with Crippen molar-refractivity contribution in [2.75, 3.05) is 56.5 Å². The van der Waals surface area contributed by atoms with E-state index in [1.54, 1.807) is 0 Å². The van der Waals surface area contributed by atoms with E-state index < -0.39 is 213 Å². The summed E-state index contributed by atoms with van der Waals surface area (Å²) in [5, 5.41) is 18.1. The molecule has 0 spiro atoms. The number of morpholine rings is 1. The number of nitrogens with one attached hydrogen (secondary N) is 1. The molecule has 1 aliphatic heterocycles. The number of phosphoric ester groups is 1. The molecule has 3 aromatic heterocycles. The molecule has 1 saturated heterocycles. The van der Waals surface area contributed by atoms with Crippen molar-refractivity contribution in [1.82, 2.24) is 39.7 Å². The molecule has 0 bridgehead atoms. The highest BCUT2D eigenvalue weighted by molar-refractivity contribution is 7.93. The minimum Gasteiger partial charge on any atom is -0.480 e. The van der Waals surface area contributed by atoms with Crippen molar-refractivity contribution in [2.24, 2.45) is 5.92 Å². The monoisotopic (exact) mass is 1340 g/mol. The summed E-state index contributed by atoms with van der Waals surface area (Å²) in [4.78, 5) is 78.1. The maximum atomic E-state index is 16.0. The van der Waals surface area contributed by atoms with Gasteiger partial charge < -0.3 is 34.6 Å². The van der Waals surface area contributed by atoms with Gasteiger partial charge in [0.1, 0.15) is 37.0 Å². The number of aromatic nitrogens is 5. The maximum Gasteiger partial charge on any atom is 0.472 e. The van der Waals surface area contributed by atoms with Gasteiger partial charge in [0.25, 0.3) is 5.92 Å². The van der Waals surface area contributed by atoms with Gasteiger partial charge in [-0.3, -0.25) is 28.8 Å². The number of nitrogens with zero attached hydrogens (tertiary/aromatic N) is 8. The first kappa shape index (κ1) is 68.8. The molecule has 2 aliphatic rings. The van der Waals surface area contributed by atoms with Gasteiger partial charge in [-0.1, -0.05) is 37.6 Å². The first-order valence-electron chi connectivity index (χ1n) is 25.9. The molecular formula is C50H55ClF10N9O15PS2. The summed E-state index contributed by atoms with van der Waals surface area (Å²) in [5.41, 5.74) is -6.21. The number of phosphoric acid groups is 1. The molecule has 1 aliphatic carbocycles. The predicted octanol–water partition coefficient (Wildman–Crippen LogP) is 7.69. The van der Waals surface area contributed by atoms with E-state index in [-0.39, 0.29) is 49.9 Å². The smallest absolute Gasteiger partial charge is 0.472 e. The van der Waals surface area contributed by atoms with Gasteiger partial charge in [-0.15, -0.1) is 0 Å². The molecule has 0 unspecified atom stereocenters. The van der Waals surface area contributed by atoms with E-state index in [9.17, 15) is 72.0 Å². The Morgan fingerprint density at radius 1 is 0.955 bits per heavy atom. The van der Waals surface area contributed by atoms with Crippen LogP contribution < -0.4 is 9.62 Å². The van der Waals surface area contributed by atoms with Gasteiger partial charge in [-0.2, -0.15) is 49.6 Å². The third-order valence-corrected chi connectivity index (χ3v) is 18.6. The summed E-state index contributed by atoms with van der Waals surface area (Å²) in [6, 6.07) is 1.46. The van der Waals surface area contributed by atoms with E-state index in [1.807, 2.05) is 0 Å². The Hall–Kier alpha value is -6.69. The van der Waals surface area contributed by atoms with Crippen LogP contribution in [0.25, 0.3) is 22.0 Å². The molecule has 38 heteroatoms. The van der Waals surface area contributed by atoms with Crippen LogP contribution in [0.1, 0.15) is 80.0 Å². The van der Waals surface area contributed by atoms with Crippen LogP contribution in [-0.4, -0.2) is 159 Å². The number of fused-ring (bicyclic) bond motifs is 2. The number of aliphatic carboxylic acids is 1. The van der Waals surface area contributed by atoms with Crippen LogP contribution in [-0.2, 0) is 86.0 Å². The van der Waals surface area contributed by atoms with Crippen LogP contribution in [0.4, 0.5) is 59.3 Å². The SMILES string of the molecule is C[C@@H]1c2c(C(F)(F)F)nn(CC(=O)N[C@@H](Cc3cc(F)cc(F)c3)c3nc(CCC(C)(C)S(C)(=O)=O)ccc3-c3ccc(Cl)c4c(N(C(=O)N5CCOC[C@@H]5CN(CC(=O)O)C(=O)OCOP(=O)(O)O)S(C)(=O)=O)nn(CC(F)(F)F)c34)c2C(F)(F)[C@@H]1C. The number of hydrogen-bond donors (Lipinski definition) is 4. The summed E-state index contributed by atoms with van der Waals surface area (Å²) in [5.74, 6) is -13.8. The number of aryl methyl sites for hydroxylation is 1. The second-order valence-electron chi connectivity index (χ2n) is 21.4.